The molecule has 15 atom stereocenters. The van der Waals surface area contributed by atoms with Crippen molar-refractivity contribution >= 4 is 50.2 Å². The van der Waals surface area contributed by atoms with Crippen LogP contribution in [0.15, 0.2) is 116 Å². The zero-order chi connectivity index (χ0) is 55.8. The topological polar surface area (TPSA) is 234 Å². The number of nitrogens with two attached hydrogens (primary N) is 1. The number of benzene rings is 2. The number of carbonyl (C=O) groups excluding carboxylic acids is 3. The second kappa shape index (κ2) is 21.9. The number of ether oxygens (including phenoxy) is 2. The van der Waals surface area contributed by atoms with E-state index >= 15 is 4.79 Å². The third kappa shape index (κ3) is 9.05. The van der Waals surface area contributed by atoms with Crippen molar-refractivity contribution in [2.24, 2.45) is 41.2 Å². The molecule has 4 aliphatic heterocycles. The highest BCUT2D eigenvalue weighted by molar-refractivity contribution is 8.77. The smallest absolute Gasteiger partial charge is 0.340 e. The summed E-state index contributed by atoms with van der Waals surface area (Å²) in [7, 11) is 5.26. The van der Waals surface area contributed by atoms with Crippen LogP contribution in [0.3, 0.4) is 0 Å². The number of amides is 1. The molecule has 5 heterocycles. The summed E-state index contributed by atoms with van der Waals surface area (Å²) in [5.74, 6) is -1.23. The number of nitrogens with zero attached hydrogens (tertiary/aromatic N) is 1. The maximum Gasteiger partial charge on any atom is 0.340 e. The van der Waals surface area contributed by atoms with Crippen molar-refractivity contribution in [1.29, 1.82) is 0 Å². The van der Waals surface area contributed by atoms with Gasteiger partial charge < -0.3 is 55.6 Å². The first-order valence-electron chi connectivity index (χ1n) is 29.1. The molecule has 17 heteroatoms. The number of carbonyl (C=O) groups is 3. The van der Waals surface area contributed by atoms with Crippen LogP contribution >= 0.6 is 21.6 Å². The standard InChI is InChI=1S/C63H76N4O11S2/c1-4-35(19-21-68)59(74)78-61(2)41(32-69)24-39-33-79-80-52-27-44-48(71)18-16-47-55(57(44)65-3)58(52)67(47)54(73)26-38-31-66-53(64)28-43(38)56(39)63(61)30-37-23-36-25-46(60(75)76-50(36)29-51(37)77-63)62-20-9-8-12-40(62)13-17-49(72)45(62)15-14-42(70)22-34-10-6-5-7-11-34/h4-7,10-11,16,18,23-25,28-29,40-42,44-45,47,49,52,55-58,65-66,68-70,72H,8-9,12-15,17,19-22,26-27,30-33,64H2,1-3H3/b35-4+/t40-,41-,42+,44-,45+,47+,49+,52+,55+,56-,57+,58-,61-,62+,63-/m1/s1. The summed E-state index contributed by atoms with van der Waals surface area (Å²) in [5.41, 5.74) is 7.85. The fourth-order valence-electron chi connectivity index (χ4n) is 16.8. The van der Waals surface area contributed by atoms with Gasteiger partial charge in [-0.15, -0.1) is 0 Å². The van der Waals surface area contributed by atoms with E-state index in [1.165, 1.54) is 0 Å². The van der Waals surface area contributed by atoms with Gasteiger partial charge in [-0.25, -0.2) is 9.59 Å². The number of ketones is 1. The molecule has 8 N–H and O–H groups in total. The number of fused-ring (bicyclic) bond motifs is 8. The first-order chi connectivity index (χ1) is 38.7. The highest BCUT2D eigenvalue weighted by Gasteiger charge is 2.68. The predicted molar refractivity (Wildman–Crippen MR) is 308 cm³/mol. The molecule has 9 aliphatic rings. The minimum Gasteiger partial charge on any atom is -0.481 e. The molecule has 1 amide bonds. The molecule has 2 bridgehead atoms. The lowest BCUT2D eigenvalue weighted by Gasteiger charge is -2.62. The summed E-state index contributed by atoms with van der Waals surface area (Å²) in [6, 6.07) is 15.2. The summed E-state index contributed by atoms with van der Waals surface area (Å²) in [6.07, 6.45) is 15.1. The van der Waals surface area contributed by atoms with Crippen LogP contribution in [0, 0.1) is 35.5 Å². The van der Waals surface area contributed by atoms with Crippen molar-refractivity contribution in [3.63, 3.8) is 0 Å². The average Bonchev–Trinajstić information content (AvgIpc) is 4.03. The molecule has 1 spiro atoms. The van der Waals surface area contributed by atoms with Gasteiger partial charge in [0.25, 0.3) is 0 Å². The molecule has 3 aromatic rings. The molecular formula is C63H76N4O11S2. The molecule has 2 aromatic carbocycles. The zero-order valence-electron chi connectivity index (χ0n) is 45.9. The summed E-state index contributed by atoms with van der Waals surface area (Å²) in [5, 5.41) is 52.6. The number of aliphatic hydroxyl groups excluding tert-OH is 4. The molecule has 15 nitrogen and oxygen atoms in total. The normalized spacial score (nSPS) is 35.9. The van der Waals surface area contributed by atoms with Crippen LogP contribution < -0.4 is 26.7 Å². The largest absolute Gasteiger partial charge is 0.481 e. The Morgan fingerprint density at radius 2 is 1.93 bits per heavy atom. The first kappa shape index (κ1) is 55.4. The van der Waals surface area contributed by atoms with Gasteiger partial charge in [0.15, 0.2) is 17.0 Å². The SMILES string of the molecule is C/C=C(\CCO)C(=O)O[C@]1(C)[C@@H](CO)C=C2CSS[C@H]3C[C@@H]4C(=O)C=C[C@H]5[C@@H]([C@H]4NC)[C@@H]3N5C(=O)CC3=C(C=C(N)NC3)[C@@H]2[C@]12Cc1cc3cc([C@@]45CCCC[C@@H]4CC[C@H](O)[C@@H]5CC[C@H](O)Cc4ccccc4)c(=O)oc3cc1O2. The number of hydrogen-bond donors (Lipinski definition) is 7. The lowest BCUT2D eigenvalue weighted by Crippen LogP contribution is -2.75. The van der Waals surface area contributed by atoms with Gasteiger partial charge in [-0.3, -0.25) is 9.59 Å². The van der Waals surface area contributed by atoms with Gasteiger partial charge in [0.2, 0.25) is 5.91 Å². The van der Waals surface area contributed by atoms with Gasteiger partial charge in [0.1, 0.15) is 11.3 Å². The second-order valence-corrected chi connectivity index (χ2v) is 27.0. The van der Waals surface area contributed by atoms with E-state index < -0.39 is 58.9 Å². The Kier molecular flexibility index (Phi) is 15.2. The molecule has 80 heavy (non-hydrogen) atoms. The van der Waals surface area contributed by atoms with Crippen LogP contribution in [-0.4, -0.2) is 122 Å². The quantitative estimate of drug-likeness (QED) is 0.0331. The fraction of sp³-hybridized carbons (Fsp3) is 0.556. The van der Waals surface area contributed by atoms with Crippen molar-refractivity contribution in [3.8, 4) is 5.75 Å². The minimum atomic E-state index is -1.62. The van der Waals surface area contributed by atoms with Gasteiger partial charge in [0.05, 0.1) is 49.1 Å². The molecule has 1 saturated heterocycles. The average molecular weight is 1130 g/mol. The first-order valence-corrected chi connectivity index (χ1v) is 31.5. The van der Waals surface area contributed by atoms with Crippen molar-refractivity contribution < 1.29 is 48.7 Å². The summed E-state index contributed by atoms with van der Waals surface area (Å²) < 4.78 is 20.9. The van der Waals surface area contributed by atoms with Gasteiger partial charge in [0, 0.05) is 88.8 Å². The van der Waals surface area contributed by atoms with Gasteiger partial charge in [-0.1, -0.05) is 88.6 Å². The lowest BCUT2D eigenvalue weighted by atomic mass is 9.50. The summed E-state index contributed by atoms with van der Waals surface area (Å²) in [6.45, 7) is 3.08. The van der Waals surface area contributed by atoms with Crippen molar-refractivity contribution in [1.82, 2.24) is 15.5 Å². The summed E-state index contributed by atoms with van der Waals surface area (Å²) >= 11 is 0. The van der Waals surface area contributed by atoms with E-state index in [2.05, 4.69) is 10.6 Å². The van der Waals surface area contributed by atoms with E-state index in [1.807, 2.05) is 79.6 Å². The molecular weight excluding hydrogens is 1050 g/mol. The maximum atomic E-state index is 15.2. The Hall–Kier alpha value is -5.14. The highest BCUT2D eigenvalue weighted by Crippen LogP contribution is 2.61. The fourth-order valence-corrected chi connectivity index (χ4v) is 19.9. The maximum absolute atomic E-state index is 15.2. The Balaban J connectivity index is 0.980. The van der Waals surface area contributed by atoms with Crippen LogP contribution in [0.5, 0.6) is 5.75 Å². The van der Waals surface area contributed by atoms with Crippen LogP contribution in [0.4, 0.5) is 0 Å². The Morgan fingerprint density at radius 1 is 1.10 bits per heavy atom. The molecule has 1 aromatic heterocycles. The van der Waals surface area contributed by atoms with Gasteiger partial charge in [-0.05, 0) is 131 Å². The lowest BCUT2D eigenvalue weighted by molar-refractivity contribution is -0.202. The third-order valence-corrected chi connectivity index (χ3v) is 23.4. The van der Waals surface area contributed by atoms with E-state index in [9.17, 15) is 34.8 Å². The Bertz CT molecular complexity index is 3170. The van der Waals surface area contributed by atoms with E-state index in [-0.39, 0.29) is 96.7 Å². The number of nitrogens with one attached hydrogen (secondary N) is 2. The monoisotopic (exact) mass is 1130 g/mol. The van der Waals surface area contributed by atoms with Crippen LogP contribution in [0.25, 0.3) is 11.0 Å². The van der Waals surface area contributed by atoms with Crippen molar-refractivity contribution in [2.75, 3.05) is 32.6 Å². The van der Waals surface area contributed by atoms with Crippen LogP contribution in [0.2, 0.25) is 0 Å². The molecule has 4 fully saturated rings. The van der Waals surface area contributed by atoms with E-state index in [1.54, 1.807) is 46.7 Å². The highest BCUT2D eigenvalue weighted by atomic mass is 33.1. The molecule has 5 aliphatic carbocycles. The van der Waals surface area contributed by atoms with Gasteiger partial charge >= 0.3 is 11.6 Å². The van der Waals surface area contributed by atoms with Crippen LogP contribution in [0.1, 0.15) is 101 Å². The van der Waals surface area contributed by atoms with E-state index in [0.29, 0.717) is 72.4 Å². The van der Waals surface area contributed by atoms with E-state index in [4.69, 9.17) is 19.6 Å². The zero-order valence-corrected chi connectivity index (χ0v) is 47.6. The van der Waals surface area contributed by atoms with E-state index in [0.717, 1.165) is 53.5 Å². The molecule has 0 radical (unpaired) electrons. The number of allylic oxidation sites excluding steroid dienone is 3. The second-order valence-electron chi connectivity index (χ2n) is 24.4. The molecule has 0 unspecified atom stereocenters. The van der Waals surface area contributed by atoms with Gasteiger partial charge in [-0.2, -0.15) is 0 Å². The molecule has 426 valence electrons. The van der Waals surface area contributed by atoms with Crippen molar-refractivity contribution in [2.45, 2.75) is 150 Å². The predicted octanol–water partition coefficient (Wildman–Crippen LogP) is 6.64. The molecule has 3 saturated carbocycles. The minimum absolute atomic E-state index is 0.0417. The van der Waals surface area contributed by atoms with Crippen molar-refractivity contribution in [3.05, 3.63) is 134 Å². The van der Waals surface area contributed by atoms with Crippen LogP contribution in [-0.2, 0) is 37.4 Å². The summed E-state index contributed by atoms with van der Waals surface area (Å²) in [4.78, 5) is 60.5. The number of hydrogen-bond acceptors (Lipinski definition) is 16. The molecule has 12 rings (SSSR count). The Labute approximate surface area is 475 Å². The number of rotatable bonds is 12. The number of esters is 1. The number of aliphatic hydroxyl groups is 4. The Morgan fingerprint density at radius 3 is 2.70 bits per heavy atom. The number of dihydropyridines is 1. The third-order valence-electron chi connectivity index (χ3n) is 20.5.